The molecule has 0 aromatic rings. The van der Waals surface area contributed by atoms with Crippen LogP contribution in [-0.4, -0.2) is 62.4 Å². The topological polar surface area (TPSA) is 93.9 Å². The zero-order valence-corrected chi connectivity index (χ0v) is 11.6. The van der Waals surface area contributed by atoms with E-state index in [2.05, 4.69) is 5.32 Å². The van der Waals surface area contributed by atoms with Crippen LogP contribution in [0.25, 0.3) is 0 Å². The lowest BCUT2D eigenvalue weighted by molar-refractivity contribution is -0.131. The maximum Gasteiger partial charge on any atom is 0.409 e. The third-order valence-corrected chi connectivity index (χ3v) is 3.16. The molecule has 110 valence electrons. The van der Waals surface area contributed by atoms with Crippen molar-refractivity contribution in [3.8, 4) is 0 Å². The molecule has 0 radical (unpaired) electrons. The molecule has 0 bridgehead atoms. The molecule has 0 saturated carbocycles. The molecule has 0 spiro atoms. The number of nitrogens with zero attached hydrogens (tertiary/aromatic N) is 1. The first-order valence-corrected chi connectivity index (χ1v) is 6.57. The number of carbonyl (C=O) groups is 2. The van der Waals surface area contributed by atoms with E-state index in [4.69, 9.17) is 15.2 Å². The second kappa shape index (κ2) is 7.96. The van der Waals surface area contributed by atoms with Crippen molar-refractivity contribution in [2.75, 3.05) is 33.4 Å². The minimum absolute atomic E-state index is 0.0578. The highest BCUT2D eigenvalue weighted by Gasteiger charge is 2.26. The van der Waals surface area contributed by atoms with Crippen LogP contribution in [0.4, 0.5) is 4.79 Å². The Morgan fingerprint density at radius 1 is 1.42 bits per heavy atom. The smallest absolute Gasteiger partial charge is 0.409 e. The van der Waals surface area contributed by atoms with Gasteiger partial charge in [0.05, 0.1) is 6.61 Å². The lowest BCUT2D eigenvalue weighted by Gasteiger charge is -2.32. The molecular weight excluding hydrogens is 250 g/mol. The lowest BCUT2D eigenvalue weighted by Crippen LogP contribution is -2.50. The summed E-state index contributed by atoms with van der Waals surface area (Å²) >= 11 is 0. The Labute approximate surface area is 113 Å². The fourth-order valence-electron chi connectivity index (χ4n) is 2.03. The molecular formula is C12H23N3O4. The summed E-state index contributed by atoms with van der Waals surface area (Å²) in [6.45, 7) is 3.49. The monoisotopic (exact) mass is 273 g/mol. The van der Waals surface area contributed by atoms with Gasteiger partial charge in [-0.3, -0.25) is 4.79 Å². The molecule has 1 rings (SSSR count). The van der Waals surface area contributed by atoms with Crippen LogP contribution >= 0.6 is 0 Å². The van der Waals surface area contributed by atoms with Gasteiger partial charge in [-0.2, -0.15) is 0 Å². The van der Waals surface area contributed by atoms with Crippen molar-refractivity contribution >= 4 is 12.0 Å². The Kier molecular flexibility index (Phi) is 6.58. The fraction of sp³-hybridized carbons (Fsp3) is 0.833. The standard InChI is InChI=1S/C12H23N3O4/c1-3-19-12(17)15-6-4-9(5-7-15)14-11(16)10(8-13)18-2/h9-10H,3-8,13H2,1-2H3,(H,14,16). The Bertz CT molecular complexity index is 299. The fourth-order valence-corrected chi connectivity index (χ4v) is 2.03. The van der Waals surface area contributed by atoms with Crippen molar-refractivity contribution in [3.05, 3.63) is 0 Å². The summed E-state index contributed by atoms with van der Waals surface area (Å²) in [4.78, 5) is 24.9. The van der Waals surface area contributed by atoms with Gasteiger partial charge < -0.3 is 25.4 Å². The average Bonchev–Trinajstić information content (AvgIpc) is 2.41. The first kappa shape index (κ1) is 15.7. The summed E-state index contributed by atoms with van der Waals surface area (Å²) in [6, 6.07) is 0.0578. The normalized spacial score (nSPS) is 17.9. The number of methoxy groups -OCH3 is 1. The number of piperidine rings is 1. The molecule has 1 aliphatic rings. The van der Waals surface area contributed by atoms with Crippen molar-refractivity contribution in [1.82, 2.24) is 10.2 Å². The Morgan fingerprint density at radius 2 is 2.05 bits per heavy atom. The van der Waals surface area contributed by atoms with Crippen LogP contribution in [0, 0.1) is 0 Å². The van der Waals surface area contributed by atoms with Crippen molar-refractivity contribution in [2.45, 2.75) is 31.9 Å². The summed E-state index contributed by atoms with van der Waals surface area (Å²) in [5.74, 6) is -0.195. The molecule has 7 nitrogen and oxygen atoms in total. The van der Waals surface area contributed by atoms with E-state index in [0.717, 1.165) is 0 Å². The molecule has 3 N–H and O–H groups in total. The Balaban J connectivity index is 2.34. The lowest BCUT2D eigenvalue weighted by atomic mass is 10.1. The zero-order valence-electron chi connectivity index (χ0n) is 11.6. The molecule has 1 unspecified atom stereocenters. The molecule has 1 aliphatic heterocycles. The van der Waals surface area contributed by atoms with Crippen LogP contribution in [0.2, 0.25) is 0 Å². The van der Waals surface area contributed by atoms with Crippen LogP contribution in [0.3, 0.4) is 0 Å². The predicted octanol–water partition coefficient (Wildman–Crippen LogP) is -0.303. The molecule has 19 heavy (non-hydrogen) atoms. The van der Waals surface area contributed by atoms with Gasteiger partial charge in [0.2, 0.25) is 0 Å². The van der Waals surface area contributed by atoms with Crippen molar-refractivity contribution in [2.24, 2.45) is 5.73 Å². The number of hydrogen-bond donors (Lipinski definition) is 2. The van der Waals surface area contributed by atoms with E-state index in [-0.39, 0.29) is 24.6 Å². The number of likely N-dealkylation sites (tertiary alicyclic amines) is 1. The van der Waals surface area contributed by atoms with Gasteiger partial charge in [-0.05, 0) is 19.8 Å². The first-order valence-electron chi connectivity index (χ1n) is 6.57. The van der Waals surface area contributed by atoms with Crippen molar-refractivity contribution < 1.29 is 19.1 Å². The van der Waals surface area contributed by atoms with E-state index in [1.807, 2.05) is 0 Å². The highest BCUT2D eigenvalue weighted by Crippen LogP contribution is 2.11. The van der Waals surface area contributed by atoms with Gasteiger partial charge in [-0.1, -0.05) is 0 Å². The van der Waals surface area contributed by atoms with Crippen molar-refractivity contribution in [1.29, 1.82) is 0 Å². The molecule has 0 aromatic heterocycles. The highest BCUT2D eigenvalue weighted by molar-refractivity contribution is 5.81. The quantitative estimate of drug-likeness (QED) is 0.717. The first-order chi connectivity index (χ1) is 9.12. The molecule has 0 aromatic carbocycles. The van der Waals surface area contributed by atoms with E-state index < -0.39 is 6.10 Å². The summed E-state index contributed by atoms with van der Waals surface area (Å²) in [5.41, 5.74) is 5.43. The summed E-state index contributed by atoms with van der Waals surface area (Å²) in [5, 5.41) is 2.89. The second-order valence-electron chi connectivity index (χ2n) is 4.43. The largest absolute Gasteiger partial charge is 0.450 e. The molecule has 0 aliphatic carbocycles. The minimum atomic E-state index is -0.608. The van der Waals surface area contributed by atoms with Crippen LogP contribution in [0.1, 0.15) is 19.8 Å². The molecule has 1 heterocycles. The third kappa shape index (κ3) is 4.68. The maximum atomic E-state index is 11.8. The molecule has 1 fully saturated rings. The number of rotatable bonds is 5. The van der Waals surface area contributed by atoms with Gasteiger partial charge in [0, 0.05) is 32.8 Å². The van der Waals surface area contributed by atoms with Gasteiger partial charge in [0.15, 0.2) is 0 Å². The second-order valence-corrected chi connectivity index (χ2v) is 4.43. The van der Waals surface area contributed by atoms with Crippen molar-refractivity contribution in [3.63, 3.8) is 0 Å². The van der Waals surface area contributed by atoms with Gasteiger partial charge in [-0.25, -0.2) is 4.79 Å². The summed E-state index contributed by atoms with van der Waals surface area (Å²) < 4.78 is 9.91. The number of carbonyl (C=O) groups excluding carboxylic acids is 2. The van der Waals surface area contributed by atoms with E-state index in [0.29, 0.717) is 32.5 Å². The number of nitrogens with one attached hydrogen (secondary N) is 1. The van der Waals surface area contributed by atoms with Crippen LogP contribution in [0.15, 0.2) is 0 Å². The highest BCUT2D eigenvalue weighted by atomic mass is 16.6. The summed E-state index contributed by atoms with van der Waals surface area (Å²) in [7, 11) is 1.46. The van der Waals surface area contributed by atoms with Crippen LogP contribution < -0.4 is 11.1 Å². The van der Waals surface area contributed by atoms with E-state index in [1.165, 1.54) is 7.11 Å². The summed E-state index contributed by atoms with van der Waals surface area (Å²) in [6.07, 6.45) is 0.531. The van der Waals surface area contributed by atoms with E-state index in [9.17, 15) is 9.59 Å². The zero-order chi connectivity index (χ0) is 14.3. The maximum absolute atomic E-state index is 11.8. The molecule has 1 atom stereocenters. The number of ether oxygens (including phenoxy) is 2. The van der Waals surface area contributed by atoms with Gasteiger partial charge >= 0.3 is 6.09 Å². The molecule has 7 heteroatoms. The Morgan fingerprint density at radius 3 is 2.53 bits per heavy atom. The number of hydrogen-bond acceptors (Lipinski definition) is 5. The molecule has 1 saturated heterocycles. The number of nitrogens with two attached hydrogens (primary N) is 1. The van der Waals surface area contributed by atoms with Crippen LogP contribution in [0.5, 0.6) is 0 Å². The van der Waals surface area contributed by atoms with Crippen LogP contribution in [-0.2, 0) is 14.3 Å². The van der Waals surface area contributed by atoms with Gasteiger partial charge in [-0.15, -0.1) is 0 Å². The third-order valence-electron chi connectivity index (χ3n) is 3.16. The average molecular weight is 273 g/mol. The molecule has 2 amide bonds. The minimum Gasteiger partial charge on any atom is -0.450 e. The predicted molar refractivity (Wildman–Crippen MR) is 69.6 cm³/mol. The van der Waals surface area contributed by atoms with E-state index in [1.54, 1.807) is 11.8 Å². The van der Waals surface area contributed by atoms with Gasteiger partial charge in [0.1, 0.15) is 6.10 Å². The SMILES string of the molecule is CCOC(=O)N1CCC(NC(=O)C(CN)OC)CC1. The number of amides is 2. The van der Waals surface area contributed by atoms with E-state index >= 15 is 0 Å². The van der Waals surface area contributed by atoms with Gasteiger partial charge in [0.25, 0.3) is 5.91 Å². The Hall–Kier alpha value is -1.34.